The molecule has 0 bridgehead atoms. The van der Waals surface area contributed by atoms with Crippen molar-refractivity contribution >= 4 is 87.0 Å². The molecule has 0 aliphatic heterocycles. The Morgan fingerprint density at radius 1 is 0.271 bits per heavy atom. The van der Waals surface area contributed by atoms with E-state index in [4.69, 9.17) is 8.83 Å². The van der Waals surface area contributed by atoms with E-state index in [1.807, 2.05) is 12.1 Å². The minimum atomic E-state index is 0.901. The van der Waals surface area contributed by atoms with Gasteiger partial charge in [0.2, 0.25) is 0 Å². The molecule has 0 spiro atoms. The van der Waals surface area contributed by atoms with E-state index in [0.29, 0.717) is 0 Å². The standard InChI is InChI=1S/C46H26O2/c1-3-14-32-29(11-1)30-12-2-8-19-37(30)46-45(32)38-23-21-28(26-42(38)48-46)44-35-17-6-4-15-33(35)43(34-16-5-7-18-36(34)44)27-22-24-41-39(25-27)31-13-9-10-20-40(31)47-41/h1-26H. The lowest BCUT2D eigenvalue weighted by molar-refractivity contribution is 0.669. The molecule has 0 amide bonds. The highest BCUT2D eigenvalue weighted by atomic mass is 16.3. The van der Waals surface area contributed by atoms with Gasteiger partial charge in [-0.3, -0.25) is 0 Å². The van der Waals surface area contributed by atoms with Crippen LogP contribution in [0.2, 0.25) is 0 Å². The van der Waals surface area contributed by atoms with Crippen LogP contribution in [0.5, 0.6) is 0 Å². The third-order valence-electron chi connectivity index (χ3n) is 10.2. The molecule has 0 saturated carbocycles. The van der Waals surface area contributed by atoms with Crippen molar-refractivity contribution < 1.29 is 8.83 Å². The molecule has 48 heavy (non-hydrogen) atoms. The molecule has 11 aromatic rings. The van der Waals surface area contributed by atoms with Crippen LogP contribution in [0.15, 0.2) is 167 Å². The lowest BCUT2D eigenvalue weighted by Gasteiger charge is -2.17. The largest absolute Gasteiger partial charge is 0.456 e. The van der Waals surface area contributed by atoms with E-state index in [-0.39, 0.29) is 0 Å². The average Bonchev–Trinajstić information content (AvgIpc) is 3.72. The fraction of sp³-hybridized carbons (Fsp3) is 0. The van der Waals surface area contributed by atoms with Crippen LogP contribution in [0.25, 0.3) is 109 Å². The summed E-state index contributed by atoms with van der Waals surface area (Å²) in [6.07, 6.45) is 0. The number of para-hydroxylation sites is 1. The molecule has 0 unspecified atom stereocenters. The van der Waals surface area contributed by atoms with Crippen LogP contribution >= 0.6 is 0 Å². The Morgan fingerprint density at radius 2 is 0.750 bits per heavy atom. The minimum absolute atomic E-state index is 0.901. The van der Waals surface area contributed by atoms with Gasteiger partial charge in [0, 0.05) is 26.9 Å². The van der Waals surface area contributed by atoms with Crippen molar-refractivity contribution in [3.8, 4) is 22.3 Å². The second-order valence-corrected chi connectivity index (χ2v) is 12.8. The second kappa shape index (κ2) is 9.57. The van der Waals surface area contributed by atoms with Crippen molar-refractivity contribution in [1.82, 2.24) is 0 Å². The summed E-state index contributed by atoms with van der Waals surface area (Å²) < 4.78 is 13.0. The lowest BCUT2D eigenvalue weighted by atomic mass is 9.85. The van der Waals surface area contributed by atoms with E-state index in [9.17, 15) is 0 Å². The van der Waals surface area contributed by atoms with Crippen LogP contribution in [-0.4, -0.2) is 0 Å². The zero-order valence-corrected chi connectivity index (χ0v) is 25.8. The Kier molecular flexibility index (Phi) is 5.14. The van der Waals surface area contributed by atoms with E-state index < -0.39 is 0 Å². The highest BCUT2D eigenvalue weighted by Crippen LogP contribution is 2.47. The van der Waals surface area contributed by atoms with Crippen molar-refractivity contribution in [2.24, 2.45) is 0 Å². The maximum absolute atomic E-state index is 6.81. The van der Waals surface area contributed by atoms with Crippen molar-refractivity contribution in [1.29, 1.82) is 0 Å². The maximum atomic E-state index is 6.81. The smallest absolute Gasteiger partial charge is 0.143 e. The number of furan rings is 2. The zero-order valence-electron chi connectivity index (χ0n) is 25.8. The van der Waals surface area contributed by atoms with Gasteiger partial charge in [0.15, 0.2) is 0 Å². The quantitative estimate of drug-likeness (QED) is 0.144. The first kappa shape index (κ1) is 25.8. The molecule has 0 N–H and O–H groups in total. The van der Waals surface area contributed by atoms with Crippen molar-refractivity contribution in [3.05, 3.63) is 158 Å². The van der Waals surface area contributed by atoms with Crippen LogP contribution in [0.4, 0.5) is 0 Å². The Hall–Kier alpha value is -6.38. The molecule has 11 rings (SSSR count). The number of hydrogen-bond donors (Lipinski definition) is 0. The van der Waals surface area contributed by atoms with Gasteiger partial charge in [-0.2, -0.15) is 0 Å². The predicted octanol–water partition coefficient (Wildman–Crippen LogP) is 13.4. The molecule has 0 fully saturated rings. The zero-order chi connectivity index (χ0) is 31.3. The van der Waals surface area contributed by atoms with Crippen molar-refractivity contribution in [2.45, 2.75) is 0 Å². The van der Waals surface area contributed by atoms with Crippen LogP contribution in [-0.2, 0) is 0 Å². The first-order valence-corrected chi connectivity index (χ1v) is 16.4. The number of rotatable bonds is 2. The van der Waals surface area contributed by atoms with Crippen LogP contribution in [0.3, 0.4) is 0 Å². The van der Waals surface area contributed by atoms with Crippen LogP contribution < -0.4 is 0 Å². The lowest BCUT2D eigenvalue weighted by Crippen LogP contribution is -1.90. The van der Waals surface area contributed by atoms with E-state index in [0.717, 1.165) is 49.4 Å². The molecule has 2 nitrogen and oxygen atoms in total. The molecule has 2 heteroatoms. The van der Waals surface area contributed by atoms with Crippen LogP contribution in [0.1, 0.15) is 0 Å². The molecule has 0 radical (unpaired) electrons. The molecule has 0 saturated heterocycles. The molecule has 0 aliphatic rings. The summed E-state index contributed by atoms with van der Waals surface area (Å²) >= 11 is 0. The van der Waals surface area contributed by atoms with E-state index in [1.165, 1.54) is 59.8 Å². The molecule has 2 aromatic heterocycles. The average molecular weight is 611 g/mol. The SMILES string of the molecule is c1ccc2c(c1)oc1ccc(-c3c4ccccc4c(-c4ccc5c(c4)oc4c6ccccc6c6ccccc6c54)c4ccccc34)cc12. The van der Waals surface area contributed by atoms with Gasteiger partial charge in [0.1, 0.15) is 22.3 Å². The maximum Gasteiger partial charge on any atom is 0.143 e. The van der Waals surface area contributed by atoms with Gasteiger partial charge in [0.05, 0.1) is 0 Å². The summed E-state index contributed by atoms with van der Waals surface area (Å²) in [5.74, 6) is 0. The van der Waals surface area contributed by atoms with Crippen molar-refractivity contribution in [2.75, 3.05) is 0 Å². The van der Waals surface area contributed by atoms with Crippen molar-refractivity contribution in [3.63, 3.8) is 0 Å². The van der Waals surface area contributed by atoms with Gasteiger partial charge in [-0.05, 0) is 90.3 Å². The summed E-state index contributed by atoms with van der Waals surface area (Å²) in [6, 6.07) is 56.6. The van der Waals surface area contributed by atoms with Gasteiger partial charge in [0.25, 0.3) is 0 Å². The molecular weight excluding hydrogens is 585 g/mol. The van der Waals surface area contributed by atoms with Crippen LogP contribution in [0, 0.1) is 0 Å². The van der Waals surface area contributed by atoms with Gasteiger partial charge in [-0.1, -0.05) is 127 Å². The van der Waals surface area contributed by atoms with Gasteiger partial charge in [-0.15, -0.1) is 0 Å². The highest BCUT2D eigenvalue weighted by molar-refractivity contribution is 6.30. The second-order valence-electron chi connectivity index (χ2n) is 12.8. The third-order valence-corrected chi connectivity index (χ3v) is 10.2. The monoisotopic (exact) mass is 610 g/mol. The Labute approximate surface area is 275 Å². The van der Waals surface area contributed by atoms with E-state index in [2.05, 4.69) is 146 Å². The molecular formula is C46H26O2. The summed E-state index contributed by atoms with van der Waals surface area (Å²) in [5.41, 5.74) is 8.45. The fourth-order valence-electron chi connectivity index (χ4n) is 8.19. The Morgan fingerprint density at radius 3 is 1.42 bits per heavy atom. The molecule has 2 heterocycles. The normalized spacial score (nSPS) is 12.2. The molecule has 9 aromatic carbocycles. The highest BCUT2D eigenvalue weighted by Gasteiger charge is 2.20. The van der Waals surface area contributed by atoms with Gasteiger partial charge < -0.3 is 8.83 Å². The number of benzene rings is 9. The summed E-state index contributed by atoms with van der Waals surface area (Å²) in [7, 11) is 0. The fourth-order valence-corrected chi connectivity index (χ4v) is 8.19. The van der Waals surface area contributed by atoms with E-state index in [1.54, 1.807) is 0 Å². The van der Waals surface area contributed by atoms with E-state index >= 15 is 0 Å². The number of hydrogen-bond acceptors (Lipinski definition) is 2. The summed E-state index contributed by atoms with van der Waals surface area (Å²) in [6.45, 7) is 0. The number of fused-ring (bicyclic) bond motifs is 13. The molecule has 0 atom stereocenters. The summed E-state index contributed by atoms with van der Waals surface area (Å²) in [4.78, 5) is 0. The topological polar surface area (TPSA) is 26.3 Å². The first-order chi connectivity index (χ1) is 23.8. The third kappa shape index (κ3) is 3.46. The Balaban J connectivity index is 1.21. The Bertz CT molecular complexity index is 3060. The summed E-state index contributed by atoms with van der Waals surface area (Å²) in [5, 5.41) is 14.3. The first-order valence-electron chi connectivity index (χ1n) is 16.4. The predicted molar refractivity (Wildman–Crippen MR) is 202 cm³/mol. The van der Waals surface area contributed by atoms with Gasteiger partial charge in [-0.25, -0.2) is 0 Å². The molecule has 222 valence electrons. The minimum Gasteiger partial charge on any atom is -0.456 e. The van der Waals surface area contributed by atoms with Gasteiger partial charge >= 0.3 is 0 Å². The molecule has 0 aliphatic carbocycles.